The Morgan fingerprint density at radius 2 is 1.79 bits per heavy atom. The van der Waals surface area contributed by atoms with E-state index < -0.39 is 45.6 Å². The summed E-state index contributed by atoms with van der Waals surface area (Å²) in [5.74, 6) is -0.849. The molecule has 3 heterocycles. The van der Waals surface area contributed by atoms with E-state index >= 15 is 0 Å². The molecule has 3 fully saturated rings. The molecular weight excluding hydrogens is 520 g/mol. The van der Waals surface area contributed by atoms with E-state index in [2.05, 4.69) is 0 Å². The number of amides is 1. The van der Waals surface area contributed by atoms with Crippen LogP contribution in [0.5, 0.6) is 0 Å². The molecule has 1 saturated carbocycles. The van der Waals surface area contributed by atoms with Gasteiger partial charge in [0.2, 0.25) is 10.0 Å². The van der Waals surface area contributed by atoms with E-state index in [1.807, 2.05) is 37.3 Å². The quantitative estimate of drug-likeness (QED) is 0.422. The van der Waals surface area contributed by atoms with Gasteiger partial charge in [-0.3, -0.25) is 4.79 Å². The van der Waals surface area contributed by atoms with Crippen molar-refractivity contribution in [3.63, 3.8) is 0 Å². The van der Waals surface area contributed by atoms with E-state index in [1.54, 1.807) is 41.3 Å². The predicted octanol–water partition coefficient (Wildman–Crippen LogP) is 4.29. The third-order valence-electron chi connectivity index (χ3n) is 8.48. The Bertz CT molecular complexity index is 1470. The summed E-state index contributed by atoms with van der Waals surface area (Å²) >= 11 is 0. The topological polar surface area (TPSA) is 106 Å². The van der Waals surface area contributed by atoms with Gasteiger partial charge in [0, 0.05) is 12.5 Å². The Morgan fingerprint density at radius 3 is 2.46 bits per heavy atom. The van der Waals surface area contributed by atoms with Crippen LogP contribution in [0.15, 0.2) is 82.3 Å². The normalized spacial score (nSPS) is 27.9. The van der Waals surface area contributed by atoms with Gasteiger partial charge in [-0.2, -0.15) is 4.31 Å². The Kier molecular flexibility index (Phi) is 6.27. The first-order chi connectivity index (χ1) is 18.8. The summed E-state index contributed by atoms with van der Waals surface area (Å²) in [6, 6.07) is 17.6. The molecule has 1 aliphatic carbocycles. The molecule has 3 aliphatic rings. The number of benzene rings is 2. The monoisotopic (exact) mass is 550 g/mol. The molecule has 2 aliphatic heterocycles. The van der Waals surface area contributed by atoms with Gasteiger partial charge in [0.25, 0.3) is 0 Å². The summed E-state index contributed by atoms with van der Waals surface area (Å²) in [6.45, 7) is 2.31. The average molecular weight is 551 g/mol. The lowest BCUT2D eigenvalue weighted by Crippen LogP contribution is -2.55. The van der Waals surface area contributed by atoms with Crippen molar-refractivity contribution in [3.8, 4) is 0 Å². The number of furan rings is 1. The Hall–Kier alpha value is -3.63. The van der Waals surface area contributed by atoms with Gasteiger partial charge in [-0.05, 0) is 55.5 Å². The van der Waals surface area contributed by atoms with Crippen LogP contribution in [-0.2, 0) is 30.9 Å². The molecule has 1 aromatic heterocycles. The van der Waals surface area contributed by atoms with Gasteiger partial charge in [0.1, 0.15) is 23.9 Å². The van der Waals surface area contributed by atoms with E-state index in [9.17, 15) is 18.0 Å². The van der Waals surface area contributed by atoms with Crippen molar-refractivity contribution >= 4 is 22.1 Å². The van der Waals surface area contributed by atoms with Gasteiger partial charge in [-0.1, -0.05) is 48.0 Å². The minimum atomic E-state index is -4.23. The van der Waals surface area contributed by atoms with Gasteiger partial charge < -0.3 is 18.8 Å². The number of methoxy groups -OCH3 is 1. The van der Waals surface area contributed by atoms with Crippen LogP contribution in [0.1, 0.15) is 35.8 Å². The number of rotatable bonds is 6. The van der Waals surface area contributed by atoms with E-state index in [-0.39, 0.29) is 17.4 Å². The Balaban J connectivity index is 1.47. The number of aryl methyl sites for hydroxylation is 1. The summed E-state index contributed by atoms with van der Waals surface area (Å²) in [4.78, 5) is 28.9. The van der Waals surface area contributed by atoms with Gasteiger partial charge in [-0.15, -0.1) is 0 Å². The Morgan fingerprint density at radius 1 is 1.05 bits per heavy atom. The summed E-state index contributed by atoms with van der Waals surface area (Å²) in [6.07, 6.45) is 1.78. The number of carbonyl (C=O) groups excluding carboxylic acids is 2. The molecule has 6 rings (SSSR count). The van der Waals surface area contributed by atoms with Crippen molar-refractivity contribution in [2.75, 3.05) is 13.7 Å². The third kappa shape index (κ3) is 3.88. The lowest BCUT2D eigenvalue weighted by molar-refractivity contribution is -0.152. The molecule has 1 amide bonds. The van der Waals surface area contributed by atoms with Crippen molar-refractivity contribution < 1.29 is 31.9 Å². The van der Waals surface area contributed by atoms with Crippen LogP contribution >= 0.6 is 0 Å². The number of likely N-dealkylation sites (tertiary alicyclic amines) is 1. The largest absolute Gasteiger partial charge is 0.468 e. The van der Waals surface area contributed by atoms with E-state index in [0.29, 0.717) is 25.1 Å². The highest BCUT2D eigenvalue weighted by Crippen LogP contribution is 2.63. The summed E-state index contributed by atoms with van der Waals surface area (Å²) in [5, 5.41) is 0. The second kappa shape index (κ2) is 9.53. The van der Waals surface area contributed by atoms with E-state index in [4.69, 9.17) is 13.9 Å². The molecule has 5 atom stereocenters. The lowest BCUT2D eigenvalue weighted by Gasteiger charge is -2.37. The fraction of sp³-hybridized carbons (Fsp3) is 0.379. The fourth-order valence-corrected chi connectivity index (χ4v) is 8.87. The van der Waals surface area contributed by atoms with Crippen LogP contribution in [-0.4, -0.2) is 54.9 Å². The van der Waals surface area contributed by atoms with Crippen molar-refractivity contribution in [2.24, 2.45) is 11.8 Å². The summed E-state index contributed by atoms with van der Waals surface area (Å²) in [5.41, 5.74) is 0.261. The number of hydrogen-bond acceptors (Lipinski definition) is 7. The molecule has 0 spiro atoms. The van der Waals surface area contributed by atoms with Crippen molar-refractivity contribution in [2.45, 2.75) is 48.9 Å². The number of sulfonamides is 1. The molecule has 0 N–H and O–H groups in total. The number of carbonyl (C=O) groups is 2. The maximum absolute atomic E-state index is 14.4. The first-order valence-corrected chi connectivity index (χ1v) is 14.4. The molecule has 39 heavy (non-hydrogen) atoms. The summed E-state index contributed by atoms with van der Waals surface area (Å²) < 4.78 is 46.9. The molecule has 2 saturated heterocycles. The highest BCUT2D eigenvalue weighted by atomic mass is 32.2. The maximum atomic E-state index is 14.4. The molecular formula is C29H30N2O7S. The summed E-state index contributed by atoms with van der Waals surface area (Å²) in [7, 11) is -2.96. The smallest absolute Gasteiger partial charge is 0.410 e. The van der Waals surface area contributed by atoms with Gasteiger partial charge in [0.05, 0.1) is 24.3 Å². The van der Waals surface area contributed by atoms with Crippen LogP contribution in [0.25, 0.3) is 0 Å². The number of ether oxygens (including phenoxy) is 2. The first kappa shape index (κ1) is 25.6. The highest BCUT2D eigenvalue weighted by molar-refractivity contribution is 7.89. The number of hydrogen-bond donors (Lipinski definition) is 0. The molecule has 0 radical (unpaired) electrons. The van der Waals surface area contributed by atoms with Crippen molar-refractivity contribution in [1.82, 2.24) is 9.21 Å². The second-order valence-electron chi connectivity index (χ2n) is 10.5. The predicted molar refractivity (Wildman–Crippen MR) is 140 cm³/mol. The molecule has 204 valence electrons. The zero-order valence-electron chi connectivity index (χ0n) is 21.7. The van der Waals surface area contributed by atoms with Gasteiger partial charge in [0.15, 0.2) is 0 Å². The fourth-order valence-electron chi connectivity index (χ4n) is 6.92. The lowest BCUT2D eigenvalue weighted by atomic mass is 9.83. The van der Waals surface area contributed by atoms with E-state index in [0.717, 1.165) is 11.1 Å². The van der Waals surface area contributed by atoms with Crippen LogP contribution in [0, 0.1) is 18.8 Å². The van der Waals surface area contributed by atoms with E-state index in [1.165, 1.54) is 17.7 Å². The SMILES string of the molecule is COC(=O)[C@]12CC[C@H]3CN(C(=O)OCc4ccccc4)[C@H]([C@H]31)[C@H](c1ccco1)N2S(=O)(=O)c1ccc(C)cc1. The number of esters is 1. The zero-order chi connectivity index (χ0) is 27.4. The zero-order valence-corrected chi connectivity index (χ0v) is 22.5. The maximum Gasteiger partial charge on any atom is 0.410 e. The number of nitrogens with zero attached hydrogens (tertiary/aromatic N) is 2. The molecule has 0 unspecified atom stereocenters. The second-order valence-corrected chi connectivity index (χ2v) is 12.3. The molecule has 0 bridgehead atoms. The standard InChI is InChI=1S/C29H30N2O7S/c1-19-10-12-22(13-11-19)39(34,35)31-25(23-9-6-16-37-23)26-24-21(14-15-29(24,31)27(32)36-2)17-30(26)28(33)38-18-20-7-4-3-5-8-20/h3-13,16,21,24-26H,14-15,17-18H2,1-2H3/t21-,24-,25-,26+,29-/m0/s1. The van der Waals surface area contributed by atoms with Crippen molar-refractivity contribution in [1.29, 1.82) is 0 Å². The molecule has 9 nitrogen and oxygen atoms in total. The molecule has 3 aromatic rings. The highest BCUT2D eigenvalue weighted by Gasteiger charge is 2.76. The minimum Gasteiger partial charge on any atom is -0.468 e. The third-order valence-corrected chi connectivity index (χ3v) is 10.4. The minimum absolute atomic E-state index is 0.0644. The van der Waals surface area contributed by atoms with Gasteiger partial charge in [-0.25, -0.2) is 13.2 Å². The molecule has 10 heteroatoms. The Labute approximate surface area is 227 Å². The van der Waals surface area contributed by atoms with Crippen LogP contribution in [0.3, 0.4) is 0 Å². The van der Waals surface area contributed by atoms with Gasteiger partial charge >= 0.3 is 12.1 Å². The van der Waals surface area contributed by atoms with Crippen LogP contribution < -0.4 is 0 Å². The average Bonchev–Trinajstić information content (AvgIpc) is 3.72. The first-order valence-electron chi connectivity index (χ1n) is 13.0. The van der Waals surface area contributed by atoms with Crippen LogP contribution in [0.2, 0.25) is 0 Å². The van der Waals surface area contributed by atoms with Crippen molar-refractivity contribution in [3.05, 3.63) is 89.9 Å². The molecule has 2 aromatic carbocycles. The van der Waals surface area contributed by atoms with Crippen LogP contribution in [0.4, 0.5) is 4.79 Å².